The van der Waals surface area contributed by atoms with Crippen LogP contribution in [0.1, 0.15) is 42.2 Å². The molecule has 70 valence electrons. The zero-order valence-corrected chi connectivity index (χ0v) is 7.62. The second-order valence-corrected chi connectivity index (χ2v) is 4.24. The summed E-state index contributed by atoms with van der Waals surface area (Å²) in [5.41, 5.74) is 2.05. The van der Waals surface area contributed by atoms with Crippen LogP contribution in [0.5, 0.6) is 11.8 Å². The Morgan fingerprint density at radius 1 is 1.08 bits per heavy atom. The van der Waals surface area contributed by atoms with E-state index in [1.807, 2.05) is 0 Å². The van der Waals surface area contributed by atoms with Gasteiger partial charge in [-0.1, -0.05) is 0 Å². The van der Waals surface area contributed by atoms with Gasteiger partial charge in [-0.05, 0) is 31.1 Å². The van der Waals surface area contributed by atoms with Crippen LogP contribution in [-0.4, -0.2) is 14.8 Å². The van der Waals surface area contributed by atoms with Crippen LogP contribution in [0.25, 0.3) is 0 Å². The third kappa shape index (κ3) is 0.666. The standard InChI is InChI=1S/C10H13NO2/c1-11-9(12)7-5-2-3-6(4-5)8(7)10(11)13/h5-6,12-13H,2-4H2,1H3. The summed E-state index contributed by atoms with van der Waals surface area (Å²) >= 11 is 0. The minimum atomic E-state index is 0.278. The Kier molecular flexibility index (Phi) is 1.14. The molecule has 2 unspecified atom stereocenters. The number of rotatable bonds is 0. The molecule has 3 nitrogen and oxygen atoms in total. The summed E-state index contributed by atoms with van der Waals surface area (Å²) < 4.78 is 1.50. The van der Waals surface area contributed by atoms with E-state index in [0.29, 0.717) is 11.8 Å². The lowest BCUT2D eigenvalue weighted by molar-refractivity contribution is 0.379. The van der Waals surface area contributed by atoms with Gasteiger partial charge in [-0.2, -0.15) is 0 Å². The molecule has 0 saturated heterocycles. The molecular weight excluding hydrogens is 166 g/mol. The molecule has 0 aromatic carbocycles. The second-order valence-electron chi connectivity index (χ2n) is 4.24. The van der Waals surface area contributed by atoms with Crippen molar-refractivity contribution >= 4 is 0 Å². The van der Waals surface area contributed by atoms with Gasteiger partial charge in [0.15, 0.2) is 11.8 Å². The number of fused-ring (bicyclic) bond motifs is 5. The Bertz CT molecular complexity index is 347. The van der Waals surface area contributed by atoms with Crippen molar-refractivity contribution in [3.63, 3.8) is 0 Å². The average Bonchev–Trinajstić information content (AvgIpc) is 2.76. The quantitative estimate of drug-likeness (QED) is 0.638. The molecule has 2 aliphatic carbocycles. The second kappa shape index (κ2) is 2.03. The van der Waals surface area contributed by atoms with Gasteiger partial charge in [0.05, 0.1) is 0 Å². The molecule has 1 aromatic heterocycles. The molecule has 1 saturated carbocycles. The van der Waals surface area contributed by atoms with Crippen molar-refractivity contribution in [2.24, 2.45) is 7.05 Å². The fraction of sp³-hybridized carbons (Fsp3) is 0.600. The minimum absolute atomic E-state index is 0.278. The van der Waals surface area contributed by atoms with Crippen molar-refractivity contribution in [2.75, 3.05) is 0 Å². The predicted molar refractivity (Wildman–Crippen MR) is 48.1 cm³/mol. The Morgan fingerprint density at radius 2 is 1.54 bits per heavy atom. The van der Waals surface area contributed by atoms with Crippen LogP contribution in [0.3, 0.4) is 0 Å². The van der Waals surface area contributed by atoms with Gasteiger partial charge >= 0.3 is 0 Å². The van der Waals surface area contributed by atoms with Gasteiger partial charge in [0, 0.05) is 18.2 Å². The first-order valence-corrected chi connectivity index (χ1v) is 4.80. The molecule has 13 heavy (non-hydrogen) atoms. The van der Waals surface area contributed by atoms with Crippen molar-refractivity contribution in [3.05, 3.63) is 11.1 Å². The third-order valence-electron chi connectivity index (χ3n) is 3.66. The molecular formula is C10H13NO2. The smallest absolute Gasteiger partial charge is 0.197 e. The first-order chi connectivity index (χ1) is 6.20. The molecule has 3 rings (SSSR count). The van der Waals surface area contributed by atoms with Crippen molar-refractivity contribution in [2.45, 2.75) is 31.1 Å². The SMILES string of the molecule is Cn1c(O)c2c(c1O)C1CCC2C1. The monoisotopic (exact) mass is 179 g/mol. The highest BCUT2D eigenvalue weighted by Crippen LogP contribution is 2.59. The molecule has 2 aliphatic rings. The van der Waals surface area contributed by atoms with Gasteiger partial charge in [-0.25, -0.2) is 0 Å². The van der Waals surface area contributed by atoms with Crippen LogP contribution in [0.15, 0.2) is 0 Å². The highest BCUT2D eigenvalue weighted by atomic mass is 16.3. The summed E-state index contributed by atoms with van der Waals surface area (Å²) in [7, 11) is 1.71. The first-order valence-electron chi connectivity index (χ1n) is 4.80. The number of aromatic nitrogens is 1. The molecule has 0 aliphatic heterocycles. The van der Waals surface area contributed by atoms with Crippen LogP contribution in [0.4, 0.5) is 0 Å². The van der Waals surface area contributed by atoms with E-state index in [1.54, 1.807) is 7.05 Å². The normalized spacial score (nSPS) is 29.6. The fourth-order valence-electron chi connectivity index (χ4n) is 3.01. The maximum atomic E-state index is 9.76. The van der Waals surface area contributed by atoms with E-state index in [-0.39, 0.29) is 11.8 Å². The molecule has 1 fully saturated rings. The zero-order chi connectivity index (χ0) is 9.16. The highest BCUT2D eigenvalue weighted by molar-refractivity contribution is 5.54. The summed E-state index contributed by atoms with van der Waals surface area (Å²) in [5.74, 6) is 1.57. The van der Waals surface area contributed by atoms with Gasteiger partial charge < -0.3 is 10.2 Å². The minimum Gasteiger partial charge on any atom is -0.494 e. The summed E-state index contributed by atoms with van der Waals surface area (Å²) in [6.45, 7) is 0. The summed E-state index contributed by atoms with van der Waals surface area (Å²) in [4.78, 5) is 0. The van der Waals surface area contributed by atoms with Crippen LogP contribution in [0.2, 0.25) is 0 Å². The molecule has 2 N–H and O–H groups in total. The summed E-state index contributed by atoms with van der Waals surface area (Å²) in [5, 5.41) is 19.5. The van der Waals surface area contributed by atoms with E-state index in [1.165, 1.54) is 17.4 Å². The number of hydrogen-bond donors (Lipinski definition) is 2. The van der Waals surface area contributed by atoms with Crippen molar-refractivity contribution < 1.29 is 10.2 Å². The molecule has 2 atom stereocenters. The predicted octanol–water partition coefficient (Wildman–Crippen LogP) is 1.80. The number of hydrogen-bond acceptors (Lipinski definition) is 2. The number of aromatic hydroxyl groups is 2. The zero-order valence-electron chi connectivity index (χ0n) is 7.62. The van der Waals surface area contributed by atoms with Crippen LogP contribution >= 0.6 is 0 Å². The lowest BCUT2D eigenvalue weighted by atomic mass is 9.95. The third-order valence-corrected chi connectivity index (χ3v) is 3.66. The maximum Gasteiger partial charge on any atom is 0.197 e. The topological polar surface area (TPSA) is 45.4 Å². The lowest BCUT2D eigenvalue weighted by Crippen LogP contribution is -1.93. The van der Waals surface area contributed by atoms with Crippen molar-refractivity contribution in [1.29, 1.82) is 0 Å². The van der Waals surface area contributed by atoms with E-state index < -0.39 is 0 Å². The Balaban J connectivity index is 2.31. The van der Waals surface area contributed by atoms with E-state index in [9.17, 15) is 10.2 Å². The molecule has 2 bridgehead atoms. The Hall–Kier alpha value is -1.12. The first kappa shape index (κ1) is 7.30. The summed E-state index contributed by atoms with van der Waals surface area (Å²) in [6, 6.07) is 0. The van der Waals surface area contributed by atoms with E-state index in [4.69, 9.17) is 0 Å². The van der Waals surface area contributed by atoms with Crippen LogP contribution in [0, 0.1) is 0 Å². The van der Waals surface area contributed by atoms with E-state index >= 15 is 0 Å². The molecule has 1 aromatic rings. The average molecular weight is 179 g/mol. The molecule has 0 radical (unpaired) electrons. The molecule has 3 heteroatoms. The molecule has 0 amide bonds. The van der Waals surface area contributed by atoms with Gasteiger partial charge in [0.25, 0.3) is 0 Å². The van der Waals surface area contributed by atoms with Crippen molar-refractivity contribution in [3.8, 4) is 11.8 Å². The van der Waals surface area contributed by atoms with E-state index in [0.717, 1.165) is 17.5 Å². The lowest BCUT2D eigenvalue weighted by Gasteiger charge is -2.09. The fourth-order valence-corrected chi connectivity index (χ4v) is 3.01. The van der Waals surface area contributed by atoms with Gasteiger partial charge in [-0.3, -0.25) is 4.57 Å². The van der Waals surface area contributed by atoms with Crippen LogP contribution in [-0.2, 0) is 7.05 Å². The van der Waals surface area contributed by atoms with Gasteiger partial charge in [0.2, 0.25) is 0 Å². The largest absolute Gasteiger partial charge is 0.494 e. The maximum absolute atomic E-state index is 9.76. The van der Waals surface area contributed by atoms with Gasteiger partial charge in [0.1, 0.15) is 0 Å². The van der Waals surface area contributed by atoms with Gasteiger partial charge in [-0.15, -0.1) is 0 Å². The Morgan fingerprint density at radius 3 is 2.00 bits per heavy atom. The van der Waals surface area contributed by atoms with E-state index in [2.05, 4.69) is 0 Å². The molecule has 1 heterocycles. The summed E-state index contributed by atoms with van der Waals surface area (Å²) in [6.07, 6.45) is 3.48. The molecule has 0 spiro atoms. The highest BCUT2D eigenvalue weighted by Gasteiger charge is 2.43. The number of nitrogens with zero attached hydrogens (tertiary/aromatic N) is 1. The van der Waals surface area contributed by atoms with Crippen molar-refractivity contribution in [1.82, 2.24) is 4.57 Å². The Labute approximate surface area is 76.6 Å². The van der Waals surface area contributed by atoms with Crippen LogP contribution < -0.4 is 0 Å².